The summed E-state index contributed by atoms with van der Waals surface area (Å²) in [6.07, 6.45) is 5.68. The van der Waals surface area contributed by atoms with Crippen molar-refractivity contribution in [1.82, 2.24) is 9.67 Å². The Labute approximate surface area is 101 Å². The average molecular weight is 226 g/mol. The smallest absolute Gasteiger partial charge is 0.209 e. The first-order valence-corrected chi connectivity index (χ1v) is 5.59. The molecular weight excluding hydrogens is 210 g/mol. The van der Waals surface area contributed by atoms with Crippen LogP contribution in [0.15, 0.2) is 62.0 Å². The molecule has 0 N–H and O–H groups in total. The second kappa shape index (κ2) is 5.25. The molecule has 3 nitrogen and oxygen atoms in total. The van der Waals surface area contributed by atoms with Crippen molar-refractivity contribution in [2.45, 2.75) is 13.1 Å². The van der Waals surface area contributed by atoms with Crippen LogP contribution in [0.1, 0.15) is 0 Å². The fourth-order valence-electron chi connectivity index (χ4n) is 1.72. The van der Waals surface area contributed by atoms with E-state index in [0.717, 1.165) is 17.9 Å². The fraction of sp³-hybridized carbons (Fsp3) is 0.143. The van der Waals surface area contributed by atoms with Crippen molar-refractivity contribution < 1.29 is 4.68 Å². The average Bonchev–Trinajstić information content (AvgIpc) is 2.74. The molecular formula is C14H16N3+. The van der Waals surface area contributed by atoms with E-state index >= 15 is 0 Å². The van der Waals surface area contributed by atoms with E-state index in [9.17, 15) is 0 Å². The topological polar surface area (TPSA) is 21.7 Å². The lowest BCUT2D eigenvalue weighted by atomic mass is 10.2. The van der Waals surface area contributed by atoms with Crippen molar-refractivity contribution in [1.29, 1.82) is 0 Å². The molecule has 2 aromatic rings. The lowest BCUT2D eigenvalue weighted by Gasteiger charge is -1.95. The van der Waals surface area contributed by atoms with Crippen LogP contribution >= 0.6 is 0 Å². The normalized spacial score (nSPS) is 10.1. The zero-order chi connectivity index (χ0) is 12.1. The summed E-state index contributed by atoms with van der Waals surface area (Å²) in [4.78, 5) is 0. The fourth-order valence-corrected chi connectivity index (χ4v) is 1.72. The maximum absolute atomic E-state index is 4.55. The van der Waals surface area contributed by atoms with Gasteiger partial charge in [-0.3, -0.25) is 0 Å². The van der Waals surface area contributed by atoms with Crippen LogP contribution in [0.4, 0.5) is 0 Å². The quantitative estimate of drug-likeness (QED) is 0.566. The molecule has 0 radical (unpaired) electrons. The predicted molar refractivity (Wildman–Crippen MR) is 68.3 cm³/mol. The van der Waals surface area contributed by atoms with Crippen LogP contribution in [-0.4, -0.2) is 9.67 Å². The van der Waals surface area contributed by atoms with E-state index in [1.165, 1.54) is 0 Å². The number of hydrogen-bond acceptors (Lipinski definition) is 1. The van der Waals surface area contributed by atoms with E-state index in [1.54, 1.807) is 0 Å². The van der Waals surface area contributed by atoms with Gasteiger partial charge in [-0.15, -0.1) is 4.68 Å². The molecule has 0 saturated carbocycles. The zero-order valence-corrected chi connectivity index (χ0v) is 9.79. The van der Waals surface area contributed by atoms with Gasteiger partial charge in [-0.2, -0.15) is 0 Å². The monoisotopic (exact) mass is 226 g/mol. The highest BCUT2D eigenvalue weighted by Gasteiger charge is 2.15. The van der Waals surface area contributed by atoms with Crippen molar-refractivity contribution in [3.05, 3.63) is 62.0 Å². The van der Waals surface area contributed by atoms with Crippen LogP contribution in [-0.2, 0) is 13.1 Å². The van der Waals surface area contributed by atoms with Gasteiger partial charge in [0.15, 0.2) is 0 Å². The molecule has 0 spiro atoms. The first-order chi connectivity index (χ1) is 8.35. The largest absolute Gasteiger partial charge is 0.267 e. The molecule has 2 rings (SSSR count). The Morgan fingerprint density at radius 3 is 2.59 bits per heavy atom. The second-order valence-corrected chi connectivity index (χ2v) is 3.76. The Bertz CT molecular complexity index is 512. The van der Waals surface area contributed by atoms with Crippen LogP contribution in [0.5, 0.6) is 0 Å². The van der Waals surface area contributed by atoms with Gasteiger partial charge >= 0.3 is 0 Å². The van der Waals surface area contributed by atoms with E-state index in [0.29, 0.717) is 6.54 Å². The molecule has 0 saturated heterocycles. The van der Waals surface area contributed by atoms with Gasteiger partial charge in [-0.05, 0) is 23.3 Å². The zero-order valence-electron chi connectivity index (χ0n) is 9.79. The number of rotatable bonds is 5. The van der Waals surface area contributed by atoms with Crippen molar-refractivity contribution in [3.63, 3.8) is 0 Å². The molecule has 0 aliphatic carbocycles. The maximum Gasteiger partial charge on any atom is 0.267 e. The molecule has 0 aliphatic heterocycles. The molecule has 3 heteroatoms. The summed E-state index contributed by atoms with van der Waals surface area (Å²) in [7, 11) is 0. The van der Waals surface area contributed by atoms with Crippen LogP contribution < -0.4 is 4.68 Å². The molecule has 0 bridgehead atoms. The maximum atomic E-state index is 4.55. The minimum absolute atomic E-state index is 0.712. The van der Waals surface area contributed by atoms with Crippen molar-refractivity contribution in [2.24, 2.45) is 0 Å². The van der Waals surface area contributed by atoms with Crippen LogP contribution in [0.2, 0.25) is 0 Å². The Morgan fingerprint density at radius 2 is 1.94 bits per heavy atom. The van der Waals surface area contributed by atoms with Crippen LogP contribution in [0, 0.1) is 0 Å². The number of nitrogens with zero attached hydrogens (tertiary/aromatic N) is 3. The van der Waals surface area contributed by atoms with Crippen molar-refractivity contribution in [3.8, 4) is 11.4 Å². The van der Waals surface area contributed by atoms with Gasteiger partial charge in [0, 0.05) is 5.56 Å². The van der Waals surface area contributed by atoms with Gasteiger partial charge < -0.3 is 0 Å². The summed E-state index contributed by atoms with van der Waals surface area (Å²) in [6.45, 7) is 8.95. The van der Waals surface area contributed by atoms with Gasteiger partial charge in [-0.1, -0.05) is 37.4 Å². The molecule has 0 atom stereocenters. The Kier molecular flexibility index (Phi) is 3.50. The van der Waals surface area contributed by atoms with E-state index in [-0.39, 0.29) is 0 Å². The molecule has 17 heavy (non-hydrogen) atoms. The highest BCUT2D eigenvalue weighted by Crippen LogP contribution is 2.14. The minimum atomic E-state index is 0.712. The van der Waals surface area contributed by atoms with Crippen molar-refractivity contribution in [2.75, 3.05) is 0 Å². The van der Waals surface area contributed by atoms with Gasteiger partial charge in [0.1, 0.15) is 13.1 Å². The summed E-state index contributed by atoms with van der Waals surface area (Å²) in [6, 6.07) is 10.1. The Hall–Kier alpha value is -2.16. The highest BCUT2D eigenvalue weighted by molar-refractivity contribution is 5.54. The summed E-state index contributed by atoms with van der Waals surface area (Å²) >= 11 is 0. The summed E-state index contributed by atoms with van der Waals surface area (Å²) in [5.74, 6) is 0.951. The van der Waals surface area contributed by atoms with Crippen molar-refractivity contribution >= 4 is 0 Å². The third-order valence-electron chi connectivity index (χ3n) is 2.44. The third-order valence-corrected chi connectivity index (χ3v) is 2.44. The predicted octanol–water partition coefficient (Wildman–Crippen LogP) is 2.21. The summed E-state index contributed by atoms with van der Waals surface area (Å²) < 4.78 is 3.95. The Balaban J connectivity index is 2.43. The molecule has 0 aliphatic rings. The molecule has 1 heterocycles. The van der Waals surface area contributed by atoms with Gasteiger partial charge in [0.25, 0.3) is 12.2 Å². The van der Waals surface area contributed by atoms with E-state index in [2.05, 4.69) is 35.0 Å². The van der Waals surface area contributed by atoms with Gasteiger partial charge in [0.05, 0.1) is 0 Å². The Morgan fingerprint density at radius 1 is 1.18 bits per heavy atom. The number of aromatic nitrogens is 3. The molecule has 0 fully saturated rings. The van der Waals surface area contributed by atoms with E-state index in [1.807, 2.05) is 41.4 Å². The van der Waals surface area contributed by atoms with Crippen LogP contribution in [0.25, 0.3) is 11.4 Å². The number of allylic oxidation sites excluding steroid dienone is 2. The van der Waals surface area contributed by atoms with Gasteiger partial charge in [-0.25, -0.2) is 4.57 Å². The molecule has 0 amide bonds. The lowest BCUT2D eigenvalue weighted by molar-refractivity contribution is -0.742. The molecule has 1 aromatic heterocycles. The van der Waals surface area contributed by atoms with Crippen LogP contribution in [0.3, 0.4) is 0 Å². The minimum Gasteiger partial charge on any atom is -0.209 e. The lowest BCUT2D eigenvalue weighted by Crippen LogP contribution is -2.34. The summed E-state index contributed by atoms with van der Waals surface area (Å²) in [5, 5.41) is 4.55. The first kappa shape index (κ1) is 11.3. The summed E-state index contributed by atoms with van der Waals surface area (Å²) in [5.41, 5.74) is 1.11. The SMILES string of the molecule is C=CCn1c[n+](CC=C)nc1-c1ccccc1. The van der Waals surface area contributed by atoms with E-state index in [4.69, 9.17) is 0 Å². The standard InChI is InChI=1S/C14H16N3/c1-3-10-16-12-17(11-4-2)15-14(16)13-8-6-5-7-9-13/h3-9,12H,1-2,10-11H2/q+1. The number of benzene rings is 1. The third kappa shape index (κ3) is 2.50. The van der Waals surface area contributed by atoms with Gasteiger partial charge in [0.2, 0.25) is 0 Å². The molecule has 1 aromatic carbocycles. The molecule has 0 unspecified atom stereocenters. The second-order valence-electron chi connectivity index (χ2n) is 3.76. The first-order valence-electron chi connectivity index (χ1n) is 5.59. The van der Waals surface area contributed by atoms with E-state index < -0.39 is 0 Å². The highest BCUT2D eigenvalue weighted by atomic mass is 15.4. The molecule has 86 valence electrons. The number of hydrogen-bond donors (Lipinski definition) is 0.